The van der Waals surface area contributed by atoms with Gasteiger partial charge in [0.2, 0.25) is 0 Å². The molecule has 0 bridgehead atoms. The SMILES string of the molecule is C=C[C@H]1C=C[C@@H]([C@H]2C=CCC2(C(=O)OC)C(=O)OC)[C@@H]1C(=O)c1ccccc1. The first-order chi connectivity index (χ1) is 13.5. The van der Waals surface area contributed by atoms with Gasteiger partial charge in [0.25, 0.3) is 0 Å². The molecule has 5 heteroatoms. The summed E-state index contributed by atoms with van der Waals surface area (Å²) < 4.78 is 9.95. The number of carbonyl (C=O) groups is 3. The summed E-state index contributed by atoms with van der Waals surface area (Å²) in [7, 11) is 2.51. The summed E-state index contributed by atoms with van der Waals surface area (Å²) in [5.41, 5.74) is -0.888. The minimum absolute atomic E-state index is 0.0376. The predicted octanol–water partition coefficient (Wildman–Crippen LogP) is 3.38. The molecule has 0 N–H and O–H groups in total. The molecule has 2 aliphatic rings. The third kappa shape index (κ3) is 3.01. The lowest BCUT2D eigenvalue weighted by Crippen LogP contribution is -2.48. The van der Waals surface area contributed by atoms with Crippen molar-refractivity contribution in [2.75, 3.05) is 14.2 Å². The highest BCUT2D eigenvalue weighted by atomic mass is 16.5. The Morgan fingerprint density at radius 2 is 1.68 bits per heavy atom. The molecule has 28 heavy (non-hydrogen) atoms. The van der Waals surface area contributed by atoms with Crippen molar-refractivity contribution in [1.82, 2.24) is 0 Å². The molecule has 146 valence electrons. The average molecular weight is 380 g/mol. The van der Waals surface area contributed by atoms with Gasteiger partial charge >= 0.3 is 11.9 Å². The lowest BCUT2D eigenvalue weighted by molar-refractivity contribution is -0.172. The van der Waals surface area contributed by atoms with Gasteiger partial charge in [0.05, 0.1) is 14.2 Å². The Kier molecular flexibility index (Phi) is 5.63. The average Bonchev–Trinajstić information content (AvgIpc) is 3.37. The Hall–Kier alpha value is -2.95. The van der Waals surface area contributed by atoms with Crippen LogP contribution in [-0.2, 0) is 19.1 Å². The van der Waals surface area contributed by atoms with Crippen LogP contribution in [0.25, 0.3) is 0 Å². The lowest BCUT2D eigenvalue weighted by atomic mass is 9.66. The van der Waals surface area contributed by atoms with Crippen LogP contribution >= 0.6 is 0 Å². The molecule has 5 nitrogen and oxygen atoms in total. The fourth-order valence-electron chi connectivity index (χ4n) is 4.51. The van der Waals surface area contributed by atoms with Crippen LogP contribution in [0.3, 0.4) is 0 Å². The topological polar surface area (TPSA) is 69.7 Å². The number of Topliss-reactive ketones (excluding diaryl/α,β-unsaturated/α-hetero) is 1. The van der Waals surface area contributed by atoms with E-state index in [4.69, 9.17) is 9.47 Å². The van der Waals surface area contributed by atoms with Crippen LogP contribution < -0.4 is 0 Å². The van der Waals surface area contributed by atoms with E-state index in [1.165, 1.54) is 14.2 Å². The molecule has 0 unspecified atom stereocenters. The van der Waals surface area contributed by atoms with E-state index in [0.29, 0.717) is 5.56 Å². The predicted molar refractivity (Wildman–Crippen MR) is 104 cm³/mol. The van der Waals surface area contributed by atoms with Gasteiger partial charge in [-0.1, -0.05) is 60.7 Å². The Morgan fingerprint density at radius 1 is 1.04 bits per heavy atom. The van der Waals surface area contributed by atoms with E-state index >= 15 is 0 Å². The number of hydrogen-bond donors (Lipinski definition) is 0. The Balaban J connectivity index is 2.04. The number of rotatable bonds is 6. The van der Waals surface area contributed by atoms with Crippen molar-refractivity contribution < 1.29 is 23.9 Å². The van der Waals surface area contributed by atoms with Crippen molar-refractivity contribution >= 4 is 17.7 Å². The van der Waals surface area contributed by atoms with Gasteiger partial charge in [-0.05, 0) is 12.3 Å². The maximum Gasteiger partial charge on any atom is 0.324 e. The van der Waals surface area contributed by atoms with Crippen LogP contribution in [0.15, 0.2) is 67.3 Å². The zero-order valence-electron chi connectivity index (χ0n) is 16.0. The summed E-state index contributed by atoms with van der Waals surface area (Å²) in [5.74, 6) is -2.85. The first-order valence-electron chi connectivity index (χ1n) is 9.25. The van der Waals surface area contributed by atoms with Gasteiger partial charge in [-0.15, -0.1) is 6.58 Å². The van der Waals surface area contributed by atoms with Crippen LogP contribution in [-0.4, -0.2) is 31.9 Å². The first-order valence-corrected chi connectivity index (χ1v) is 9.25. The molecule has 3 rings (SSSR count). The first kappa shape index (κ1) is 19.8. The number of carbonyl (C=O) groups excluding carboxylic acids is 3. The standard InChI is InChI=1S/C23H24O5/c1-4-15-12-13-17(19(15)20(24)16-9-6-5-7-10-16)18-11-8-14-23(18,21(25)27-2)22(26)28-3/h4-13,15,17-19H,1,14H2,2-3H3/t15-,17-,18+,19+/m0/s1. The van der Waals surface area contributed by atoms with Crippen LogP contribution in [0.1, 0.15) is 16.8 Å². The van der Waals surface area contributed by atoms with Crippen molar-refractivity contribution in [2.24, 2.45) is 29.1 Å². The van der Waals surface area contributed by atoms with Gasteiger partial charge in [0.15, 0.2) is 11.2 Å². The van der Waals surface area contributed by atoms with E-state index in [-0.39, 0.29) is 24.0 Å². The summed E-state index contributed by atoms with van der Waals surface area (Å²) in [6.45, 7) is 3.86. The molecular formula is C23H24O5. The second kappa shape index (κ2) is 7.97. The quantitative estimate of drug-likeness (QED) is 0.327. The zero-order chi connectivity index (χ0) is 20.3. The van der Waals surface area contributed by atoms with Crippen molar-refractivity contribution in [3.05, 3.63) is 72.9 Å². The molecule has 1 aromatic carbocycles. The third-order valence-electron chi connectivity index (χ3n) is 5.88. The van der Waals surface area contributed by atoms with E-state index in [2.05, 4.69) is 6.58 Å². The van der Waals surface area contributed by atoms with Gasteiger partial charge in [-0.25, -0.2) is 0 Å². The summed E-state index contributed by atoms with van der Waals surface area (Å²) >= 11 is 0. The molecule has 1 aromatic rings. The Morgan fingerprint density at radius 3 is 2.25 bits per heavy atom. The molecule has 0 amide bonds. The number of ether oxygens (including phenoxy) is 2. The molecule has 0 heterocycles. The summed E-state index contributed by atoms with van der Waals surface area (Å²) in [5, 5.41) is 0. The summed E-state index contributed by atoms with van der Waals surface area (Å²) in [4.78, 5) is 38.7. The molecule has 0 saturated heterocycles. The van der Waals surface area contributed by atoms with Crippen LogP contribution in [0.4, 0.5) is 0 Å². The van der Waals surface area contributed by atoms with E-state index in [9.17, 15) is 14.4 Å². The second-order valence-electron chi connectivity index (χ2n) is 7.14. The number of benzene rings is 1. The molecular weight excluding hydrogens is 356 g/mol. The normalized spacial score (nSPS) is 27.4. The maximum absolute atomic E-state index is 13.3. The van der Waals surface area contributed by atoms with Crippen molar-refractivity contribution in [2.45, 2.75) is 6.42 Å². The molecule has 0 spiro atoms. The summed E-state index contributed by atoms with van der Waals surface area (Å²) in [6.07, 6.45) is 9.38. The maximum atomic E-state index is 13.3. The van der Waals surface area contributed by atoms with Crippen molar-refractivity contribution in [1.29, 1.82) is 0 Å². The van der Waals surface area contributed by atoms with Gasteiger partial charge in [-0.3, -0.25) is 14.4 Å². The fourth-order valence-corrected chi connectivity index (χ4v) is 4.51. The van der Waals surface area contributed by atoms with E-state index in [0.717, 1.165) is 0 Å². The highest BCUT2D eigenvalue weighted by Gasteiger charge is 2.59. The smallest absolute Gasteiger partial charge is 0.324 e. The minimum Gasteiger partial charge on any atom is -0.468 e. The van der Waals surface area contributed by atoms with Crippen LogP contribution in [0.5, 0.6) is 0 Å². The van der Waals surface area contributed by atoms with E-state index < -0.39 is 29.2 Å². The molecule has 0 aliphatic heterocycles. The van der Waals surface area contributed by atoms with Gasteiger partial charge < -0.3 is 9.47 Å². The van der Waals surface area contributed by atoms with Gasteiger partial charge in [0, 0.05) is 23.3 Å². The van der Waals surface area contributed by atoms with Crippen LogP contribution in [0.2, 0.25) is 0 Å². The zero-order valence-corrected chi connectivity index (χ0v) is 16.0. The van der Waals surface area contributed by atoms with Gasteiger partial charge in [-0.2, -0.15) is 0 Å². The van der Waals surface area contributed by atoms with Crippen LogP contribution in [0, 0.1) is 29.1 Å². The second-order valence-corrected chi connectivity index (χ2v) is 7.14. The Bertz CT molecular complexity index is 820. The lowest BCUT2D eigenvalue weighted by Gasteiger charge is -2.36. The van der Waals surface area contributed by atoms with E-state index in [1.807, 2.05) is 36.4 Å². The number of ketones is 1. The van der Waals surface area contributed by atoms with Gasteiger partial charge in [0.1, 0.15) is 0 Å². The monoisotopic (exact) mass is 380 g/mol. The number of methoxy groups -OCH3 is 2. The molecule has 0 fully saturated rings. The van der Waals surface area contributed by atoms with Crippen molar-refractivity contribution in [3.63, 3.8) is 0 Å². The van der Waals surface area contributed by atoms with Crippen molar-refractivity contribution in [3.8, 4) is 0 Å². The number of hydrogen-bond acceptors (Lipinski definition) is 5. The molecule has 0 aromatic heterocycles. The highest BCUT2D eigenvalue weighted by Crippen LogP contribution is 2.51. The highest BCUT2D eigenvalue weighted by molar-refractivity contribution is 6.02. The molecule has 2 aliphatic carbocycles. The summed E-state index contributed by atoms with van der Waals surface area (Å²) in [6, 6.07) is 9.03. The van der Waals surface area contributed by atoms with E-state index in [1.54, 1.807) is 24.3 Å². The molecule has 0 saturated carbocycles. The number of esters is 2. The molecule has 0 radical (unpaired) electrons. The number of allylic oxidation sites excluding steroid dienone is 5. The molecule has 4 atom stereocenters. The Labute approximate surface area is 164 Å². The third-order valence-corrected chi connectivity index (χ3v) is 5.88. The largest absolute Gasteiger partial charge is 0.468 e. The fraction of sp³-hybridized carbons (Fsp3) is 0.348. The minimum atomic E-state index is -1.48.